The number of amides is 1. The van der Waals surface area contributed by atoms with Gasteiger partial charge in [-0.05, 0) is 48.7 Å². The number of alkyl halides is 1. The van der Waals surface area contributed by atoms with Gasteiger partial charge in [0, 0.05) is 29.2 Å². The lowest BCUT2D eigenvalue weighted by Gasteiger charge is -2.32. The predicted molar refractivity (Wildman–Crippen MR) is 135 cm³/mol. The molecule has 33 heavy (non-hydrogen) atoms. The highest BCUT2D eigenvalue weighted by Gasteiger charge is 2.46. The van der Waals surface area contributed by atoms with Crippen LogP contribution in [0.4, 0.5) is 5.69 Å². The van der Waals surface area contributed by atoms with Crippen molar-refractivity contribution in [1.82, 2.24) is 4.90 Å². The molecule has 8 heteroatoms. The highest BCUT2D eigenvalue weighted by molar-refractivity contribution is 6.42. The molecule has 3 aromatic rings. The van der Waals surface area contributed by atoms with E-state index in [0.717, 1.165) is 12.0 Å². The van der Waals surface area contributed by atoms with Gasteiger partial charge in [-0.15, -0.1) is 0 Å². The third kappa shape index (κ3) is 5.21. The van der Waals surface area contributed by atoms with E-state index in [2.05, 4.69) is 5.32 Å². The van der Waals surface area contributed by atoms with E-state index < -0.39 is 10.9 Å². The highest BCUT2D eigenvalue weighted by atomic mass is 35.5. The minimum Gasteiger partial charge on any atom is -0.323 e. The molecule has 1 heterocycles. The summed E-state index contributed by atoms with van der Waals surface area (Å²) >= 11 is 25.2. The van der Waals surface area contributed by atoms with Gasteiger partial charge < -0.3 is 5.32 Å². The minimum absolute atomic E-state index is 0.240. The normalized spacial score (nSPS) is 18.3. The van der Waals surface area contributed by atoms with E-state index in [1.165, 1.54) is 0 Å². The quantitative estimate of drug-likeness (QED) is 0.215. The van der Waals surface area contributed by atoms with Gasteiger partial charge in [0.1, 0.15) is 0 Å². The first-order valence-corrected chi connectivity index (χ1v) is 11.9. The van der Waals surface area contributed by atoms with Gasteiger partial charge in [0.15, 0.2) is 10.8 Å². The molecule has 0 aliphatic carbocycles. The number of nitrogens with zero attached hydrogens (tertiary/aromatic N) is 1. The van der Waals surface area contributed by atoms with E-state index in [1.54, 1.807) is 54.6 Å². The van der Waals surface area contributed by atoms with Gasteiger partial charge in [-0.1, -0.05) is 82.8 Å². The van der Waals surface area contributed by atoms with E-state index in [-0.39, 0.29) is 5.78 Å². The van der Waals surface area contributed by atoms with Crippen molar-refractivity contribution in [2.24, 2.45) is 0 Å². The first-order valence-electron chi connectivity index (χ1n) is 10.4. The lowest BCUT2D eigenvalue weighted by molar-refractivity contribution is -0.122. The summed E-state index contributed by atoms with van der Waals surface area (Å²) in [5.41, 5.74) is 2.06. The Balaban J connectivity index is 1.58. The number of anilines is 1. The van der Waals surface area contributed by atoms with Gasteiger partial charge in [0.2, 0.25) is 0 Å². The lowest BCUT2D eigenvalue weighted by atomic mass is 10.0. The van der Waals surface area contributed by atoms with Crippen LogP contribution in [0.2, 0.25) is 15.1 Å². The van der Waals surface area contributed by atoms with Crippen LogP contribution in [0.15, 0.2) is 66.7 Å². The molecule has 0 spiro atoms. The number of carbonyl (C=O) groups excluding carboxylic acids is 2. The number of carbonyl (C=O) groups is 2. The fourth-order valence-electron chi connectivity index (χ4n) is 3.94. The van der Waals surface area contributed by atoms with E-state index >= 15 is 0 Å². The number of ketones is 1. The Kier molecular flexibility index (Phi) is 7.32. The van der Waals surface area contributed by atoms with Crippen molar-refractivity contribution < 1.29 is 9.59 Å². The molecule has 4 rings (SSSR count). The topological polar surface area (TPSA) is 49.4 Å². The van der Waals surface area contributed by atoms with E-state index in [0.29, 0.717) is 51.4 Å². The summed E-state index contributed by atoms with van der Waals surface area (Å²) in [7, 11) is 0. The second kappa shape index (κ2) is 10.0. The van der Waals surface area contributed by atoms with Crippen LogP contribution in [-0.4, -0.2) is 28.1 Å². The Bertz CT molecular complexity index is 1200. The summed E-state index contributed by atoms with van der Waals surface area (Å²) < 4.78 is 0. The summed E-state index contributed by atoms with van der Waals surface area (Å²) in [5, 5.41) is 4.18. The fraction of sp³-hybridized carbons (Fsp3) is 0.200. The maximum Gasteiger partial charge on any atom is 0.260 e. The third-order valence-corrected chi connectivity index (χ3v) is 7.23. The van der Waals surface area contributed by atoms with Crippen LogP contribution in [0.3, 0.4) is 0 Å². The Morgan fingerprint density at radius 2 is 1.70 bits per heavy atom. The highest BCUT2D eigenvalue weighted by Crippen LogP contribution is 2.37. The number of halogens is 4. The number of nitrogens with one attached hydrogen (secondary N) is 1. The molecule has 1 fully saturated rings. The van der Waals surface area contributed by atoms with E-state index in [4.69, 9.17) is 46.4 Å². The van der Waals surface area contributed by atoms with Gasteiger partial charge in [0.05, 0.1) is 15.7 Å². The van der Waals surface area contributed by atoms with Crippen molar-refractivity contribution in [2.75, 3.05) is 11.9 Å². The zero-order valence-corrected chi connectivity index (χ0v) is 20.5. The largest absolute Gasteiger partial charge is 0.323 e. The van der Waals surface area contributed by atoms with Crippen molar-refractivity contribution >= 4 is 63.8 Å². The van der Waals surface area contributed by atoms with Crippen LogP contribution >= 0.6 is 46.4 Å². The van der Waals surface area contributed by atoms with Gasteiger partial charge in [-0.2, -0.15) is 0 Å². The molecule has 4 nitrogen and oxygen atoms in total. The summed E-state index contributed by atoms with van der Waals surface area (Å²) in [6.45, 7) is 1.08. The minimum atomic E-state index is -1.27. The second-order valence-corrected chi connectivity index (χ2v) is 9.75. The van der Waals surface area contributed by atoms with Crippen molar-refractivity contribution in [3.63, 3.8) is 0 Å². The predicted octanol–water partition coefficient (Wildman–Crippen LogP) is 7.05. The van der Waals surface area contributed by atoms with Crippen LogP contribution < -0.4 is 5.32 Å². The molecule has 1 aliphatic rings. The van der Waals surface area contributed by atoms with Crippen LogP contribution in [-0.2, 0) is 11.3 Å². The maximum absolute atomic E-state index is 13.4. The van der Waals surface area contributed by atoms with Crippen LogP contribution in [0.1, 0.15) is 34.3 Å². The van der Waals surface area contributed by atoms with Crippen LogP contribution in [0, 0.1) is 0 Å². The molecule has 0 radical (unpaired) electrons. The SMILES string of the molecule is O=C(c1ccccc1)c1cc(Cl)ccc1NC(=O)[C@@]1(Cl)CCCN1Cc1ccc(Cl)c(Cl)c1. The average Bonchev–Trinajstić information content (AvgIpc) is 3.19. The summed E-state index contributed by atoms with van der Waals surface area (Å²) in [6.07, 6.45) is 1.23. The zero-order chi connectivity index (χ0) is 23.6. The zero-order valence-electron chi connectivity index (χ0n) is 17.5. The number of hydrogen-bond acceptors (Lipinski definition) is 3. The first kappa shape index (κ1) is 24.1. The first-order chi connectivity index (χ1) is 15.8. The molecule has 1 N–H and O–H groups in total. The monoisotopic (exact) mass is 520 g/mol. The molecule has 0 aromatic heterocycles. The lowest BCUT2D eigenvalue weighted by Crippen LogP contribution is -2.48. The fourth-order valence-corrected chi connectivity index (χ4v) is 4.75. The number of hydrogen-bond donors (Lipinski definition) is 1. The molecule has 0 bridgehead atoms. The molecule has 3 aromatic carbocycles. The standard InChI is InChI=1S/C25H20Cl4N2O2/c26-18-8-10-22(19(14-18)23(32)17-5-2-1-3-6-17)30-24(33)25(29)11-4-12-31(25)15-16-7-9-20(27)21(28)13-16/h1-3,5-10,13-14H,4,11-12,15H2,(H,30,33)/t25-/m1/s1. The van der Waals surface area contributed by atoms with Gasteiger partial charge in [0.25, 0.3) is 5.91 Å². The van der Waals surface area contributed by atoms with E-state index in [9.17, 15) is 9.59 Å². The van der Waals surface area contributed by atoms with Crippen molar-refractivity contribution in [3.8, 4) is 0 Å². The molecule has 170 valence electrons. The van der Waals surface area contributed by atoms with Crippen LogP contribution in [0.25, 0.3) is 0 Å². The van der Waals surface area contributed by atoms with Crippen molar-refractivity contribution in [1.29, 1.82) is 0 Å². The van der Waals surface area contributed by atoms with E-state index in [1.807, 2.05) is 17.0 Å². The molecule has 0 saturated carbocycles. The molecular weight excluding hydrogens is 502 g/mol. The summed E-state index contributed by atoms with van der Waals surface area (Å²) in [4.78, 5) is 27.1. The third-order valence-electron chi connectivity index (χ3n) is 5.65. The molecule has 1 aliphatic heterocycles. The number of rotatable bonds is 6. The maximum atomic E-state index is 13.4. The average molecular weight is 522 g/mol. The molecule has 1 atom stereocenters. The van der Waals surface area contributed by atoms with Gasteiger partial charge in [-0.25, -0.2) is 0 Å². The number of benzene rings is 3. The molecule has 1 amide bonds. The smallest absolute Gasteiger partial charge is 0.260 e. The van der Waals surface area contributed by atoms with Gasteiger partial charge in [-0.3, -0.25) is 14.5 Å². The van der Waals surface area contributed by atoms with Gasteiger partial charge >= 0.3 is 0 Å². The Morgan fingerprint density at radius 3 is 2.42 bits per heavy atom. The summed E-state index contributed by atoms with van der Waals surface area (Å²) in [5.74, 6) is -0.637. The Labute approximate surface area is 212 Å². The molecule has 1 saturated heterocycles. The summed E-state index contributed by atoms with van der Waals surface area (Å²) in [6, 6.07) is 19.0. The Hall–Kier alpha value is -2.08. The molecular formula is C25H20Cl4N2O2. The van der Waals surface area contributed by atoms with Crippen molar-refractivity contribution in [3.05, 3.63) is 98.5 Å². The Morgan fingerprint density at radius 1 is 0.939 bits per heavy atom. The van der Waals surface area contributed by atoms with Crippen LogP contribution in [0.5, 0.6) is 0 Å². The molecule has 0 unspecified atom stereocenters. The van der Waals surface area contributed by atoms with Crippen molar-refractivity contribution in [2.45, 2.75) is 24.4 Å². The number of likely N-dealkylation sites (tertiary alicyclic amines) is 1. The second-order valence-electron chi connectivity index (χ2n) is 7.87.